The molecular weight excluding hydrogens is 432 g/mol. The van der Waals surface area contributed by atoms with Gasteiger partial charge in [-0.25, -0.2) is 4.98 Å². The van der Waals surface area contributed by atoms with Crippen molar-refractivity contribution < 1.29 is 14.3 Å². The second kappa shape index (κ2) is 9.80. The number of nitrogens with zero attached hydrogens (tertiary/aromatic N) is 5. The van der Waals surface area contributed by atoms with E-state index < -0.39 is 12.1 Å². The first-order valence-corrected chi connectivity index (χ1v) is 11.1. The maximum atomic E-state index is 11.9. The molecule has 0 bridgehead atoms. The topological polar surface area (TPSA) is 102 Å². The Labute approximate surface area is 196 Å². The van der Waals surface area contributed by atoms with Crippen LogP contribution < -0.4 is 10.2 Å². The van der Waals surface area contributed by atoms with Crippen LogP contribution in [0.2, 0.25) is 0 Å². The molecule has 1 unspecified atom stereocenters. The van der Waals surface area contributed by atoms with E-state index in [9.17, 15) is 4.79 Å². The number of rotatable bonds is 6. The number of benzene rings is 1. The van der Waals surface area contributed by atoms with Gasteiger partial charge in [-0.05, 0) is 24.3 Å². The monoisotopic (exact) mass is 456 g/mol. The molecule has 9 heteroatoms. The van der Waals surface area contributed by atoms with Gasteiger partial charge >= 0.3 is 5.97 Å². The zero-order valence-corrected chi connectivity index (χ0v) is 18.7. The highest BCUT2D eigenvalue weighted by atomic mass is 16.5. The standard InChI is InChI=1S/C25H24N6O3/c1-17(32)34-23(18-6-5-9-26-15-18)19-14-21-22(27-16-19)24(31-10-12-33-13-11-31)30-25(29-21)28-20-7-3-2-4-8-20/h2-9,14-16,23H,10-13H2,1H3,(H,28,29,30). The Bertz CT molecular complexity index is 1280. The Hall–Kier alpha value is -4.11. The van der Waals surface area contributed by atoms with E-state index in [0.29, 0.717) is 48.8 Å². The zero-order valence-electron chi connectivity index (χ0n) is 18.7. The Morgan fingerprint density at radius 2 is 1.88 bits per heavy atom. The van der Waals surface area contributed by atoms with Crippen molar-refractivity contribution in [2.75, 3.05) is 36.5 Å². The number of anilines is 3. The summed E-state index contributed by atoms with van der Waals surface area (Å²) in [6, 6.07) is 15.3. The lowest BCUT2D eigenvalue weighted by Gasteiger charge is -2.28. The number of morpholine rings is 1. The summed E-state index contributed by atoms with van der Waals surface area (Å²) in [6.07, 6.45) is 4.42. The minimum Gasteiger partial charge on any atom is -0.453 e. The van der Waals surface area contributed by atoms with E-state index in [2.05, 4.69) is 15.2 Å². The molecule has 3 aromatic heterocycles. The molecule has 0 spiro atoms. The number of nitrogens with one attached hydrogen (secondary N) is 1. The van der Waals surface area contributed by atoms with Gasteiger partial charge in [-0.1, -0.05) is 24.3 Å². The molecule has 1 aromatic carbocycles. The largest absolute Gasteiger partial charge is 0.453 e. The third kappa shape index (κ3) is 4.79. The van der Waals surface area contributed by atoms with E-state index in [4.69, 9.17) is 24.4 Å². The van der Waals surface area contributed by atoms with Crippen LogP contribution in [-0.4, -0.2) is 52.2 Å². The third-order valence-electron chi connectivity index (χ3n) is 5.45. The van der Waals surface area contributed by atoms with Gasteiger partial charge in [0.1, 0.15) is 5.52 Å². The molecule has 0 aliphatic carbocycles. The van der Waals surface area contributed by atoms with Crippen molar-refractivity contribution in [2.45, 2.75) is 13.0 Å². The predicted octanol–water partition coefficient (Wildman–Crippen LogP) is 3.65. The van der Waals surface area contributed by atoms with Gasteiger partial charge in [0.25, 0.3) is 0 Å². The Morgan fingerprint density at radius 3 is 2.62 bits per heavy atom. The number of esters is 1. The fourth-order valence-corrected chi connectivity index (χ4v) is 3.89. The van der Waals surface area contributed by atoms with Gasteiger partial charge in [-0.2, -0.15) is 4.98 Å². The van der Waals surface area contributed by atoms with Crippen LogP contribution in [0.15, 0.2) is 67.1 Å². The summed E-state index contributed by atoms with van der Waals surface area (Å²) in [5.41, 5.74) is 3.66. The Morgan fingerprint density at radius 1 is 1.06 bits per heavy atom. The molecule has 1 atom stereocenters. The van der Waals surface area contributed by atoms with Crippen LogP contribution in [0.25, 0.3) is 11.0 Å². The fraction of sp³-hybridized carbons (Fsp3) is 0.240. The number of para-hydroxylation sites is 1. The van der Waals surface area contributed by atoms with Crippen molar-refractivity contribution in [1.82, 2.24) is 19.9 Å². The quantitative estimate of drug-likeness (QED) is 0.436. The first kappa shape index (κ1) is 21.7. The molecule has 5 rings (SSSR count). The highest BCUT2D eigenvalue weighted by Crippen LogP contribution is 2.31. The summed E-state index contributed by atoms with van der Waals surface area (Å²) < 4.78 is 11.2. The van der Waals surface area contributed by atoms with E-state index >= 15 is 0 Å². The number of hydrogen-bond donors (Lipinski definition) is 1. The fourth-order valence-electron chi connectivity index (χ4n) is 3.89. The van der Waals surface area contributed by atoms with Gasteiger partial charge in [0.15, 0.2) is 11.9 Å². The van der Waals surface area contributed by atoms with Crippen LogP contribution in [0, 0.1) is 0 Å². The number of aromatic nitrogens is 4. The average Bonchev–Trinajstić information content (AvgIpc) is 2.88. The van der Waals surface area contributed by atoms with Gasteiger partial charge in [0.2, 0.25) is 5.95 Å². The first-order valence-electron chi connectivity index (χ1n) is 11.1. The molecule has 1 N–H and O–H groups in total. The van der Waals surface area contributed by atoms with Crippen molar-refractivity contribution in [1.29, 1.82) is 0 Å². The molecule has 1 aliphatic heterocycles. The minimum absolute atomic E-state index is 0.392. The van der Waals surface area contributed by atoms with Crippen LogP contribution in [0.3, 0.4) is 0 Å². The van der Waals surface area contributed by atoms with Crippen molar-refractivity contribution >= 4 is 34.5 Å². The molecule has 1 fully saturated rings. The van der Waals surface area contributed by atoms with Crippen molar-refractivity contribution in [3.05, 3.63) is 78.2 Å². The normalized spacial score (nSPS) is 14.6. The van der Waals surface area contributed by atoms with E-state index in [0.717, 1.165) is 17.1 Å². The molecule has 0 amide bonds. The maximum Gasteiger partial charge on any atom is 0.303 e. The van der Waals surface area contributed by atoms with Crippen LogP contribution >= 0.6 is 0 Å². The Kier molecular flexibility index (Phi) is 6.26. The van der Waals surface area contributed by atoms with Crippen LogP contribution in [0.1, 0.15) is 24.2 Å². The molecule has 1 saturated heterocycles. The smallest absolute Gasteiger partial charge is 0.303 e. The van der Waals surface area contributed by atoms with Gasteiger partial charge in [-0.3, -0.25) is 14.8 Å². The first-order chi connectivity index (χ1) is 16.7. The lowest BCUT2D eigenvalue weighted by atomic mass is 10.0. The zero-order chi connectivity index (χ0) is 23.3. The molecule has 1 aliphatic rings. The Balaban J connectivity index is 1.61. The second-order valence-corrected chi connectivity index (χ2v) is 7.87. The highest BCUT2D eigenvalue weighted by molar-refractivity contribution is 5.87. The summed E-state index contributed by atoms with van der Waals surface area (Å²) in [6.45, 7) is 4.07. The lowest BCUT2D eigenvalue weighted by Crippen LogP contribution is -2.37. The number of carbonyl (C=O) groups excluding carboxylic acids is 1. The van der Waals surface area contributed by atoms with Gasteiger partial charge in [0, 0.05) is 55.4 Å². The predicted molar refractivity (Wildman–Crippen MR) is 128 cm³/mol. The molecule has 9 nitrogen and oxygen atoms in total. The lowest BCUT2D eigenvalue weighted by molar-refractivity contribution is -0.144. The van der Waals surface area contributed by atoms with Crippen molar-refractivity contribution in [3.8, 4) is 0 Å². The molecule has 4 heterocycles. The number of fused-ring (bicyclic) bond motifs is 1. The maximum absolute atomic E-state index is 11.9. The van der Waals surface area contributed by atoms with E-state index in [1.807, 2.05) is 42.5 Å². The summed E-state index contributed by atoms with van der Waals surface area (Å²) in [5, 5.41) is 3.28. The molecule has 34 heavy (non-hydrogen) atoms. The van der Waals surface area contributed by atoms with Crippen molar-refractivity contribution in [2.24, 2.45) is 0 Å². The second-order valence-electron chi connectivity index (χ2n) is 7.87. The SMILES string of the molecule is CC(=O)OC(c1cccnc1)c1cnc2c(N3CCOCC3)nc(Nc3ccccc3)nc2c1. The van der Waals surface area contributed by atoms with Gasteiger partial charge < -0.3 is 19.7 Å². The average molecular weight is 457 g/mol. The summed E-state index contributed by atoms with van der Waals surface area (Å²) in [4.78, 5) is 32.4. The van der Waals surface area contributed by atoms with Crippen LogP contribution in [0.4, 0.5) is 17.5 Å². The number of ether oxygens (including phenoxy) is 2. The van der Waals surface area contributed by atoms with Crippen LogP contribution in [-0.2, 0) is 14.3 Å². The minimum atomic E-state index is -0.643. The number of pyridine rings is 2. The van der Waals surface area contributed by atoms with E-state index in [1.54, 1.807) is 24.7 Å². The van der Waals surface area contributed by atoms with Crippen LogP contribution in [0.5, 0.6) is 0 Å². The summed E-state index contributed by atoms with van der Waals surface area (Å²) >= 11 is 0. The van der Waals surface area contributed by atoms with Gasteiger partial charge in [0.05, 0.1) is 18.7 Å². The molecule has 0 radical (unpaired) electrons. The van der Waals surface area contributed by atoms with Crippen molar-refractivity contribution in [3.63, 3.8) is 0 Å². The summed E-state index contributed by atoms with van der Waals surface area (Å²) in [5.74, 6) is 0.810. The molecule has 172 valence electrons. The molecule has 4 aromatic rings. The van der Waals surface area contributed by atoms with E-state index in [1.165, 1.54) is 6.92 Å². The van der Waals surface area contributed by atoms with E-state index in [-0.39, 0.29) is 0 Å². The molecule has 0 saturated carbocycles. The number of hydrogen-bond acceptors (Lipinski definition) is 9. The van der Waals surface area contributed by atoms with Gasteiger partial charge in [-0.15, -0.1) is 0 Å². The number of carbonyl (C=O) groups is 1. The summed E-state index contributed by atoms with van der Waals surface area (Å²) in [7, 11) is 0. The highest BCUT2D eigenvalue weighted by Gasteiger charge is 2.22. The molecular formula is C25H24N6O3. The third-order valence-corrected chi connectivity index (χ3v) is 5.45.